The molecule has 0 aliphatic rings. The van der Waals surface area contributed by atoms with Gasteiger partial charge in [-0.25, -0.2) is 0 Å². The fraction of sp³-hybridized carbons (Fsp3) is 0.538. The molecule has 1 aromatic rings. The summed E-state index contributed by atoms with van der Waals surface area (Å²) in [5.41, 5.74) is 1.16. The van der Waals surface area contributed by atoms with Gasteiger partial charge >= 0.3 is 0 Å². The third-order valence-corrected chi connectivity index (χ3v) is 1.64. The van der Waals surface area contributed by atoms with Crippen LogP contribution in [0.4, 0.5) is 0 Å². The van der Waals surface area contributed by atoms with Gasteiger partial charge in [0.15, 0.2) is 0 Å². The minimum Gasteiger partial charge on any atom is -0.377 e. The van der Waals surface area contributed by atoms with Crippen molar-refractivity contribution in [2.24, 2.45) is 0 Å². The molecule has 0 atom stereocenters. The lowest BCUT2D eigenvalue weighted by Crippen LogP contribution is -1.90. The zero-order chi connectivity index (χ0) is 12.1. The van der Waals surface area contributed by atoms with Crippen LogP contribution in [0.5, 0.6) is 0 Å². The van der Waals surface area contributed by atoms with Crippen molar-refractivity contribution in [2.45, 2.75) is 41.2 Å². The molecule has 1 rings (SSSR count). The van der Waals surface area contributed by atoms with E-state index in [-0.39, 0.29) is 0 Å². The third-order valence-electron chi connectivity index (χ3n) is 1.39. The maximum Gasteiger partial charge on any atom is 0.0716 e. The largest absolute Gasteiger partial charge is 0.377 e. The van der Waals surface area contributed by atoms with Crippen molar-refractivity contribution < 1.29 is 4.74 Å². The summed E-state index contributed by atoms with van der Waals surface area (Å²) in [5.74, 6) is 0. The Hall–Kier alpha value is -0.530. The molecule has 1 aromatic carbocycles. The average molecular weight is 231 g/mol. The number of ether oxygens (including phenoxy) is 1. The van der Waals surface area contributed by atoms with Crippen LogP contribution in [-0.4, -0.2) is 6.61 Å². The Bertz CT molecular complexity index is 206. The van der Waals surface area contributed by atoms with E-state index in [0.717, 1.165) is 17.2 Å². The van der Waals surface area contributed by atoms with Gasteiger partial charge in [-0.05, 0) is 24.6 Å². The van der Waals surface area contributed by atoms with E-state index in [1.165, 1.54) is 0 Å². The molecule has 1 nitrogen and oxygen atoms in total. The van der Waals surface area contributed by atoms with Crippen molar-refractivity contribution in [1.82, 2.24) is 0 Å². The van der Waals surface area contributed by atoms with E-state index >= 15 is 0 Å². The van der Waals surface area contributed by atoms with Crippen LogP contribution in [0.15, 0.2) is 24.3 Å². The molecular formula is C13H23ClO. The molecule has 0 saturated carbocycles. The summed E-state index contributed by atoms with van der Waals surface area (Å²) in [6.07, 6.45) is 0. The minimum atomic E-state index is 0.674. The van der Waals surface area contributed by atoms with Gasteiger partial charge in [0.2, 0.25) is 0 Å². The van der Waals surface area contributed by atoms with E-state index in [1.54, 1.807) is 0 Å². The van der Waals surface area contributed by atoms with Gasteiger partial charge in [-0.3, -0.25) is 0 Å². The molecule has 0 aliphatic carbocycles. The predicted octanol–water partition coefficient (Wildman–Crippen LogP) is 4.93. The topological polar surface area (TPSA) is 9.23 Å². The first-order valence-electron chi connectivity index (χ1n) is 5.65. The van der Waals surface area contributed by atoms with Crippen molar-refractivity contribution in [3.8, 4) is 0 Å². The van der Waals surface area contributed by atoms with Crippen molar-refractivity contribution in [2.75, 3.05) is 6.61 Å². The summed E-state index contributed by atoms with van der Waals surface area (Å²) < 4.78 is 5.22. The Morgan fingerprint density at radius 1 is 1.00 bits per heavy atom. The Balaban J connectivity index is 0. The van der Waals surface area contributed by atoms with Crippen molar-refractivity contribution in [1.29, 1.82) is 0 Å². The molecule has 0 heterocycles. The number of rotatable bonds is 3. The third kappa shape index (κ3) is 9.77. The highest BCUT2D eigenvalue weighted by atomic mass is 35.5. The minimum absolute atomic E-state index is 0.674. The van der Waals surface area contributed by atoms with Gasteiger partial charge in [-0.2, -0.15) is 0 Å². The zero-order valence-corrected chi connectivity index (χ0v) is 11.3. The lowest BCUT2D eigenvalue weighted by molar-refractivity contribution is 0.134. The quantitative estimate of drug-likeness (QED) is 0.716. The van der Waals surface area contributed by atoms with E-state index in [9.17, 15) is 0 Å². The molecular weight excluding hydrogens is 208 g/mol. The Kier molecular flexibility index (Phi) is 15.2. The zero-order valence-electron chi connectivity index (χ0n) is 10.5. The van der Waals surface area contributed by atoms with Crippen molar-refractivity contribution >= 4 is 11.6 Å². The van der Waals surface area contributed by atoms with Crippen LogP contribution >= 0.6 is 11.6 Å². The molecule has 0 bridgehead atoms. The van der Waals surface area contributed by atoms with E-state index in [4.69, 9.17) is 16.3 Å². The summed E-state index contributed by atoms with van der Waals surface area (Å²) >= 11 is 5.70. The molecule has 0 aliphatic heterocycles. The summed E-state index contributed by atoms with van der Waals surface area (Å²) in [7, 11) is 0. The van der Waals surface area contributed by atoms with Crippen molar-refractivity contribution in [3.05, 3.63) is 34.9 Å². The highest BCUT2D eigenvalue weighted by molar-refractivity contribution is 6.30. The van der Waals surface area contributed by atoms with Gasteiger partial charge in [0.05, 0.1) is 6.61 Å². The van der Waals surface area contributed by atoms with Crippen LogP contribution in [-0.2, 0) is 11.3 Å². The lowest BCUT2D eigenvalue weighted by atomic mass is 10.2. The van der Waals surface area contributed by atoms with E-state index in [0.29, 0.717) is 6.61 Å². The predicted molar refractivity (Wildman–Crippen MR) is 69.5 cm³/mol. The smallest absolute Gasteiger partial charge is 0.0716 e. The normalized spacial score (nSPS) is 8.13. The van der Waals surface area contributed by atoms with E-state index in [1.807, 2.05) is 58.9 Å². The van der Waals surface area contributed by atoms with Gasteiger partial charge in [-0.15, -0.1) is 0 Å². The summed E-state index contributed by atoms with van der Waals surface area (Å²) in [6.45, 7) is 11.4. The van der Waals surface area contributed by atoms with E-state index < -0.39 is 0 Å². The monoisotopic (exact) mass is 230 g/mol. The van der Waals surface area contributed by atoms with Crippen LogP contribution < -0.4 is 0 Å². The Morgan fingerprint density at radius 2 is 1.47 bits per heavy atom. The Labute approximate surface area is 99.4 Å². The maximum atomic E-state index is 5.70. The second kappa shape index (κ2) is 13.5. The number of hydrogen-bond donors (Lipinski definition) is 0. The first kappa shape index (κ1) is 16.9. The molecule has 88 valence electrons. The van der Waals surface area contributed by atoms with Gasteiger partial charge in [0.25, 0.3) is 0 Å². The first-order chi connectivity index (χ1) is 7.33. The molecule has 0 unspecified atom stereocenters. The first-order valence-corrected chi connectivity index (χ1v) is 6.03. The fourth-order valence-corrected chi connectivity index (χ4v) is 0.927. The fourth-order valence-electron chi connectivity index (χ4n) is 0.801. The molecule has 0 fully saturated rings. The molecule has 0 radical (unpaired) electrons. The maximum absolute atomic E-state index is 5.70. The van der Waals surface area contributed by atoms with Crippen molar-refractivity contribution in [3.63, 3.8) is 0 Å². The molecule has 0 amide bonds. The number of halogens is 1. The van der Waals surface area contributed by atoms with Gasteiger partial charge in [-0.1, -0.05) is 51.4 Å². The van der Waals surface area contributed by atoms with Gasteiger partial charge < -0.3 is 4.74 Å². The molecule has 0 N–H and O–H groups in total. The molecule has 2 heteroatoms. The van der Waals surface area contributed by atoms with Crippen LogP contribution in [0.3, 0.4) is 0 Å². The number of benzene rings is 1. The standard InChI is InChI=1S/C9H11ClO.2C2H6/c1-2-11-7-8-3-5-9(10)6-4-8;2*1-2/h3-6H,2,7H2,1H3;2*1-2H3. The van der Waals surface area contributed by atoms with Crippen LogP contribution in [0.1, 0.15) is 40.2 Å². The second-order valence-electron chi connectivity index (χ2n) is 2.26. The lowest BCUT2D eigenvalue weighted by Gasteiger charge is -2.00. The molecule has 0 spiro atoms. The Morgan fingerprint density at radius 3 is 1.87 bits per heavy atom. The summed E-state index contributed by atoms with van der Waals surface area (Å²) in [6, 6.07) is 7.68. The molecule has 0 saturated heterocycles. The summed E-state index contributed by atoms with van der Waals surface area (Å²) in [4.78, 5) is 0. The number of hydrogen-bond acceptors (Lipinski definition) is 1. The highest BCUT2D eigenvalue weighted by Crippen LogP contribution is 2.09. The average Bonchev–Trinajstić information content (AvgIpc) is 2.34. The van der Waals surface area contributed by atoms with Gasteiger partial charge in [0, 0.05) is 11.6 Å². The molecule has 15 heavy (non-hydrogen) atoms. The van der Waals surface area contributed by atoms with Crippen LogP contribution in [0, 0.1) is 0 Å². The van der Waals surface area contributed by atoms with Gasteiger partial charge in [0.1, 0.15) is 0 Å². The van der Waals surface area contributed by atoms with Crippen LogP contribution in [0.25, 0.3) is 0 Å². The second-order valence-corrected chi connectivity index (χ2v) is 2.70. The van der Waals surface area contributed by atoms with E-state index in [2.05, 4.69) is 0 Å². The summed E-state index contributed by atoms with van der Waals surface area (Å²) in [5, 5.41) is 0.769. The molecule has 0 aromatic heterocycles. The SMILES string of the molecule is CC.CC.CCOCc1ccc(Cl)cc1. The van der Waals surface area contributed by atoms with Crippen LogP contribution in [0.2, 0.25) is 5.02 Å². The highest BCUT2D eigenvalue weighted by Gasteiger charge is 1.90.